The number of aromatic nitrogens is 1. The van der Waals surface area contributed by atoms with Crippen molar-refractivity contribution in [1.82, 2.24) is 4.98 Å². The van der Waals surface area contributed by atoms with Crippen molar-refractivity contribution in [3.05, 3.63) is 101 Å². The average molecular weight is 410 g/mol. The molecule has 2 N–H and O–H groups in total. The van der Waals surface area contributed by atoms with Gasteiger partial charge in [0, 0.05) is 17.4 Å². The fraction of sp³-hybridized carbons (Fsp3) is 0.0400. The third-order valence-corrected chi connectivity index (χ3v) is 5.09. The lowest BCUT2D eigenvalue weighted by Crippen LogP contribution is -2.23. The van der Waals surface area contributed by atoms with Gasteiger partial charge in [-0.3, -0.25) is 9.59 Å². The molecule has 0 spiro atoms. The first-order chi connectivity index (χ1) is 15.2. The van der Waals surface area contributed by atoms with Crippen LogP contribution in [0.3, 0.4) is 0 Å². The number of fused-ring (bicyclic) bond motifs is 1. The van der Waals surface area contributed by atoms with E-state index in [1.807, 2.05) is 54.6 Å². The molecule has 1 aliphatic rings. The van der Waals surface area contributed by atoms with E-state index in [1.54, 1.807) is 24.3 Å². The molecule has 0 radical (unpaired) electrons. The highest BCUT2D eigenvalue weighted by molar-refractivity contribution is 6.04. The number of anilines is 1. The Bertz CT molecular complexity index is 1310. The largest absolute Gasteiger partial charge is 0.454 e. The minimum Gasteiger partial charge on any atom is -0.454 e. The Morgan fingerprint density at radius 1 is 0.774 bits per heavy atom. The lowest BCUT2D eigenvalue weighted by atomic mass is 10.0. The van der Waals surface area contributed by atoms with Gasteiger partial charge in [0.2, 0.25) is 6.79 Å². The number of carbonyl (C=O) groups excluding carboxylic acids is 1. The van der Waals surface area contributed by atoms with Gasteiger partial charge in [0.1, 0.15) is 5.56 Å². The van der Waals surface area contributed by atoms with E-state index in [-0.39, 0.29) is 12.4 Å². The zero-order valence-electron chi connectivity index (χ0n) is 16.4. The molecule has 0 saturated heterocycles. The summed E-state index contributed by atoms with van der Waals surface area (Å²) in [6, 6.07) is 26.3. The van der Waals surface area contributed by atoms with E-state index >= 15 is 0 Å². The lowest BCUT2D eigenvalue weighted by Gasteiger charge is -2.08. The molecule has 3 aromatic carbocycles. The number of amides is 1. The van der Waals surface area contributed by atoms with Crippen LogP contribution in [0.5, 0.6) is 11.5 Å². The van der Waals surface area contributed by atoms with Crippen LogP contribution < -0.4 is 20.3 Å². The van der Waals surface area contributed by atoms with Crippen molar-refractivity contribution in [2.75, 3.05) is 12.1 Å². The van der Waals surface area contributed by atoms with Gasteiger partial charge in [-0.2, -0.15) is 0 Å². The van der Waals surface area contributed by atoms with Crippen LogP contribution in [0.2, 0.25) is 0 Å². The van der Waals surface area contributed by atoms with Crippen LogP contribution in [0.15, 0.2) is 89.7 Å². The zero-order valence-corrected chi connectivity index (χ0v) is 16.4. The molecule has 6 heteroatoms. The molecular weight excluding hydrogens is 392 g/mol. The predicted molar refractivity (Wildman–Crippen MR) is 118 cm³/mol. The molecule has 0 unspecified atom stereocenters. The first kappa shape index (κ1) is 18.7. The van der Waals surface area contributed by atoms with E-state index < -0.39 is 11.5 Å². The van der Waals surface area contributed by atoms with Crippen molar-refractivity contribution in [2.45, 2.75) is 0 Å². The van der Waals surface area contributed by atoms with Gasteiger partial charge in [0.15, 0.2) is 11.5 Å². The minimum absolute atomic E-state index is 0.0299. The summed E-state index contributed by atoms with van der Waals surface area (Å²) in [5, 5.41) is 2.72. The molecule has 0 atom stereocenters. The van der Waals surface area contributed by atoms with Gasteiger partial charge in [0.05, 0.1) is 0 Å². The standard InChI is InChI=1S/C25H18N2O4/c28-24(26-19-10-13-22-23(14-19)31-15-30-22)20-11-12-21(27-25(20)29)18-8-6-17(7-9-18)16-4-2-1-3-5-16/h1-14H,15H2,(H,26,28)(H,27,29). The number of hydrogen-bond acceptors (Lipinski definition) is 4. The second-order valence-electron chi connectivity index (χ2n) is 7.08. The number of hydrogen-bond donors (Lipinski definition) is 2. The normalized spacial score (nSPS) is 11.9. The maximum Gasteiger partial charge on any atom is 0.261 e. The fourth-order valence-electron chi connectivity index (χ4n) is 3.47. The maximum absolute atomic E-state index is 12.6. The van der Waals surface area contributed by atoms with Crippen LogP contribution in [0.25, 0.3) is 22.4 Å². The third kappa shape index (κ3) is 3.79. The van der Waals surface area contributed by atoms with Crippen LogP contribution in [-0.4, -0.2) is 17.7 Å². The molecule has 1 amide bonds. The summed E-state index contributed by atoms with van der Waals surface area (Å²) in [7, 11) is 0. The molecule has 0 bridgehead atoms. The predicted octanol–water partition coefficient (Wildman–Crippen LogP) is 4.69. The number of pyridine rings is 1. The third-order valence-electron chi connectivity index (χ3n) is 5.09. The molecule has 0 saturated carbocycles. The summed E-state index contributed by atoms with van der Waals surface area (Å²) < 4.78 is 10.6. The molecular formula is C25H18N2O4. The molecule has 2 heterocycles. The van der Waals surface area contributed by atoms with Crippen molar-refractivity contribution in [1.29, 1.82) is 0 Å². The maximum atomic E-state index is 12.6. The highest BCUT2D eigenvalue weighted by atomic mass is 16.7. The Morgan fingerprint density at radius 3 is 2.26 bits per heavy atom. The van der Waals surface area contributed by atoms with Gasteiger partial charge in [-0.25, -0.2) is 0 Å². The molecule has 1 aromatic heterocycles. The molecule has 6 nitrogen and oxygen atoms in total. The molecule has 152 valence electrons. The van der Waals surface area contributed by atoms with Crippen molar-refractivity contribution in [3.63, 3.8) is 0 Å². The van der Waals surface area contributed by atoms with E-state index in [0.717, 1.165) is 16.7 Å². The van der Waals surface area contributed by atoms with Crippen LogP contribution in [-0.2, 0) is 0 Å². The number of rotatable bonds is 4. The number of ether oxygens (including phenoxy) is 2. The first-order valence-electron chi connectivity index (χ1n) is 9.77. The Hall–Kier alpha value is -4.32. The summed E-state index contributed by atoms with van der Waals surface area (Å²) in [6.07, 6.45) is 0. The molecule has 5 rings (SSSR count). The Labute approximate surface area is 178 Å². The van der Waals surface area contributed by atoms with Crippen molar-refractivity contribution in [3.8, 4) is 33.9 Å². The van der Waals surface area contributed by atoms with Crippen LogP contribution >= 0.6 is 0 Å². The van der Waals surface area contributed by atoms with Crippen molar-refractivity contribution < 1.29 is 14.3 Å². The Morgan fingerprint density at radius 2 is 1.48 bits per heavy atom. The van der Waals surface area contributed by atoms with E-state index in [9.17, 15) is 9.59 Å². The number of carbonyl (C=O) groups is 1. The number of nitrogens with one attached hydrogen (secondary N) is 2. The Kier molecular flexibility index (Phi) is 4.72. The summed E-state index contributed by atoms with van der Waals surface area (Å²) >= 11 is 0. The highest BCUT2D eigenvalue weighted by Gasteiger charge is 2.16. The van der Waals surface area contributed by atoms with E-state index in [1.165, 1.54) is 6.07 Å². The molecule has 0 fully saturated rings. The van der Waals surface area contributed by atoms with Crippen molar-refractivity contribution in [2.24, 2.45) is 0 Å². The molecule has 31 heavy (non-hydrogen) atoms. The number of aromatic amines is 1. The second kappa shape index (κ2) is 7.84. The highest BCUT2D eigenvalue weighted by Crippen LogP contribution is 2.34. The monoisotopic (exact) mass is 410 g/mol. The van der Waals surface area contributed by atoms with E-state index in [2.05, 4.69) is 10.3 Å². The zero-order chi connectivity index (χ0) is 21.2. The molecule has 1 aliphatic heterocycles. The van der Waals surface area contributed by atoms with Crippen LogP contribution in [0.1, 0.15) is 10.4 Å². The second-order valence-corrected chi connectivity index (χ2v) is 7.08. The summed E-state index contributed by atoms with van der Waals surface area (Å²) in [6.45, 7) is 0.153. The topological polar surface area (TPSA) is 80.4 Å². The van der Waals surface area contributed by atoms with Crippen molar-refractivity contribution >= 4 is 11.6 Å². The smallest absolute Gasteiger partial charge is 0.261 e. The fourth-order valence-corrected chi connectivity index (χ4v) is 3.47. The van der Waals surface area contributed by atoms with Gasteiger partial charge in [-0.05, 0) is 41.0 Å². The Balaban J connectivity index is 1.35. The number of H-pyrrole nitrogens is 1. The van der Waals surface area contributed by atoms with Gasteiger partial charge in [0.25, 0.3) is 11.5 Å². The quantitative estimate of drug-likeness (QED) is 0.512. The minimum atomic E-state index is -0.494. The van der Waals surface area contributed by atoms with E-state index in [4.69, 9.17) is 9.47 Å². The lowest BCUT2D eigenvalue weighted by molar-refractivity contribution is 0.102. The SMILES string of the molecule is O=C(Nc1ccc2c(c1)OCO2)c1ccc(-c2ccc(-c3ccccc3)cc2)[nH]c1=O. The van der Waals surface area contributed by atoms with Crippen LogP contribution in [0.4, 0.5) is 5.69 Å². The van der Waals surface area contributed by atoms with Gasteiger partial charge < -0.3 is 19.8 Å². The molecule has 4 aromatic rings. The van der Waals surface area contributed by atoms with Gasteiger partial charge >= 0.3 is 0 Å². The van der Waals surface area contributed by atoms with Gasteiger partial charge in [-0.1, -0.05) is 54.6 Å². The summed E-state index contributed by atoms with van der Waals surface area (Å²) in [4.78, 5) is 27.9. The summed E-state index contributed by atoms with van der Waals surface area (Å²) in [5.41, 5.74) is 3.81. The van der Waals surface area contributed by atoms with E-state index in [0.29, 0.717) is 22.9 Å². The molecule has 0 aliphatic carbocycles. The average Bonchev–Trinajstić information content (AvgIpc) is 3.27. The summed E-state index contributed by atoms with van der Waals surface area (Å²) in [5.74, 6) is 0.686. The first-order valence-corrected chi connectivity index (χ1v) is 9.77. The van der Waals surface area contributed by atoms with Crippen LogP contribution in [0, 0.1) is 0 Å². The van der Waals surface area contributed by atoms with Gasteiger partial charge in [-0.15, -0.1) is 0 Å². The number of benzene rings is 3.